The van der Waals surface area contributed by atoms with E-state index in [-0.39, 0.29) is 0 Å². The summed E-state index contributed by atoms with van der Waals surface area (Å²) in [6.45, 7) is 0.878. The molecule has 1 N–H and O–H groups in total. The smallest absolute Gasteiger partial charge is 0.383 e. The molecule has 0 fully saturated rings. The lowest BCUT2D eigenvalue weighted by molar-refractivity contribution is -0.140. The van der Waals surface area contributed by atoms with Crippen LogP contribution in [0.25, 0.3) is 0 Å². The Hall–Kier alpha value is -1.01. The van der Waals surface area contributed by atoms with Crippen LogP contribution >= 0.6 is 0 Å². The maximum Gasteiger partial charge on any atom is 0.406 e. The van der Waals surface area contributed by atoms with E-state index >= 15 is 0 Å². The van der Waals surface area contributed by atoms with Crippen molar-refractivity contribution in [3.05, 3.63) is 24.0 Å². The summed E-state index contributed by atoms with van der Waals surface area (Å²) in [5.74, 6) is 0. The van der Waals surface area contributed by atoms with Gasteiger partial charge in [0.25, 0.3) is 0 Å². The summed E-state index contributed by atoms with van der Waals surface area (Å²) >= 11 is 0. The first-order valence-electron chi connectivity index (χ1n) is 4.92. The van der Waals surface area contributed by atoms with Gasteiger partial charge in [0.15, 0.2) is 0 Å². The molecular formula is C10H15F3N2O. The van der Waals surface area contributed by atoms with Crippen molar-refractivity contribution in [2.24, 2.45) is 0 Å². The van der Waals surface area contributed by atoms with Crippen molar-refractivity contribution in [1.29, 1.82) is 0 Å². The number of ether oxygens (including phenoxy) is 1. The van der Waals surface area contributed by atoms with Crippen molar-refractivity contribution in [3.63, 3.8) is 0 Å². The van der Waals surface area contributed by atoms with Crippen LogP contribution < -0.4 is 5.32 Å². The number of alkyl halides is 3. The molecule has 0 saturated carbocycles. The molecule has 0 saturated heterocycles. The third-order valence-electron chi connectivity index (χ3n) is 1.99. The molecule has 1 heterocycles. The van der Waals surface area contributed by atoms with Crippen molar-refractivity contribution >= 4 is 0 Å². The molecule has 0 unspecified atom stereocenters. The molecule has 0 radical (unpaired) electrons. The predicted octanol–water partition coefficient (Wildman–Crippen LogP) is 1.79. The van der Waals surface area contributed by atoms with Crippen molar-refractivity contribution < 1.29 is 17.9 Å². The standard InChI is InChI=1S/C10H15F3N2O/c1-16-5-3-14-6-9-2-4-15(7-9)8-10(11,12)13/h2,4,7,14H,3,5-6,8H2,1H3. The number of hydrogen-bond acceptors (Lipinski definition) is 2. The number of aromatic nitrogens is 1. The second-order valence-electron chi connectivity index (χ2n) is 3.48. The lowest BCUT2D eigenvalue weighted by atomic mass is 10.3. The Bertz CT molecular complexity index is 309. The molecule has 3 nitrogen and oxygen atoms in total. The third kappa shape index (κ3) is 5.18. The largest absolute Gasteiger partial charge is 0.406 e. The van der Waals surface area contributed by atoms with E-state index in [0.29, 0.717) is 19.7 Å². The van der Waals surface area contributed by atoms with Gasteiger partial charge in [0.2, 0.25) is 0 Å². The molecule has 0 aliphatic heterocycles. The van der Waals surface area contributed by atoms with E-state index in [1.54, 1.807) is 13.2 Å². The van der Waals surface area contributed by atoms with Gasteiger partial charge in [-0.25, -0.2) is 0 Å². The summed E-state index contributed by atoms with van der Waals surface area (Å²) in [6, 6.07) is 1.67. The minimum absolute atomic E-state index is 0.550. The van der Waals surface area contributed by atoms with Crippen LogP contribution in [0.3, 0.4) is 0 Å². The maximum atomic E-state index is 12.1. The first kappa shape index (κ1) is 13.1. The predicted molar refractivity (Wildman–Crippen MR) is 54.1 cm³/mol. The quantitative estimate of drug-likeness (QED) is 0.762. The van der Waals surface area contributed by atoms with Gasteiger partial charge in [-0.05, 0) is 11.6 Å². The Balaban J connectivity index is 2.34. The minimum Gasteiger partial charge on any atom is -0.383 e. The van der Waals surface area contributed by atoms with Gasteiger partial charge in [-0.2, -0.15) is 13.2 Å². The van der Waals surface area contributed by atoms with Gasteiger partial charge in [0.1, 0.15) is 6.54 Å². The molecule has 1 aromatic heterocycles. The van der Waals surface area contributed by atoms with Crippen molar-refractivity contribution in [2.45, 2.75) is 19.3 Å². The molecule has 0 atom stereocenters. The Morgan fingerprint density at radius 1 is 1.44 bits per heavy atom. The Kier molecular flexibility index (Phi) is 4.82. The van der Waals surface area contributed by atoms with Crippen LogP contribution in [0.5, 0.6) is 0 Å². The zero-order chi connectivity index (χ0) is 12.0. The topological polar surface area (TPSA) is 26.2 Å². The van der Waals surface area contributed by atoms with Gasteiger partial charge in [0, 0.05) is 32.6 Å². The molecule has 0 spiro atoms. The molecular weight excluding hydrogens is 221 g/mol. The Morgan fingerprint density at radius 3 is 2.81 bits per heavy atom. The molecule has 92 valence electrons. The van der Waals surface area contributed by atoms with Crippen LogP contribution in [0, 0.1) is 0 Å². The summed E-state index contributed by atoms with van der Waals surface area (Å²) in [5, 5.41) is 3.06. The average Bonchev–Trinajstić information content (AvgIpc) is 2.58. The Labute approximate surface area is 92.2 Å². The van der Waals surface area contributed by atoms with Crippen LogP contribution in [-0.2, 0) is 17.8 Å². The van der Waals surface area contributed by atoms with E-state index in [0.717, 1.165) is 10.1 Å². The van der Waals surface area contributed by atoms with Crippen LogP contribution in [0.2, 0.25) is 0 Å². The average molecular weight is 236 g/mol. The maximum absolute atomic E-state index is 12.1. The number of halogens is 3. The fourth-order valence-corrected chi connectivity index (χ4v) is 1.31. The lowest BCUT2D eigenvalue weighted by Crippen LogP contribution is -2.18. The first-order chi connectivity index (χ1) is 7.51. The highest BCUT2D eigenvalue weighted by Crippen LogP contribution is 2.17. The third-order valence-corrected chi connectivity index (χ3v) is 1.99. The molecule has 0 aliphatic carbocycles. The highest BCUT2D eigenvalue weighted by molar-refractivity contribution is 5.10. The normalized spacial score (nSPS) is 12.0. The second kappa shape index (κ2) is 5.91. The number of nitrogens with zero attached hydrogens (tertiary/aromatic N) is 1. The molecule has 1 aromatic rings. The number of hydrogen-bond donors (Lipinski definition) is 1. The molecule has 0 amide bonds. The van der Waals surface area contributed by atoms with E-state index in [1.165, 1.54) is 12.4 Å². The van der Waals surface area contributed by atoms with Crippen molar-refractivity contribution in [3.8, 4) is 0 Å². The number of methoxy groups -OCH3 is 1. The summed E-state index contributed by atoms with van der Waals surface area (Å²) in [4.78, 5) is 0. The minimum atomic E-state index is -4.17. The highest BCUT2D eigenvalue weighted by Gasteiger charge is 2.27. The molecule has 0 aliphatic rings. The molecule has 16 heavy (non-hydrogen) atoms. The highest BCUT2D eigenvalue weighted by atomic mass is 19.4. The van der Waals surface area contributed by atoms with E-state index in [2.05, 4.69) is 5.32 Å². The summed E-state index contributed by atoms with van der Waals surface area (Å²) in [6.07, 6.45) is -1.24. The second-order valence-corrected chi connectivity index (χ2v) is 3.48. The summed E-state index contributed by atoms with van der Waals surface area (Å²) in [7, 11) is 1.60. The van der Waals surface area contributed by atoms with Gasteiger partial charge < -0.3 is 14.6 Å². The van der Waals surface area contributed by atoms with Gasteiger partial charge >= 0.3 is 6.18 Å². The molecule has 6 heteroatoms. The fraction of sp³-hybridized carbons (Fsp3) is 0.600. The first-order valence-corrected chi connectivity index (χ1v) is 4.92. The fourth-order valence-electron chi connectivity index (χ4n) is 1.31. The molecule has 1 rings (SSSR count). The van der Waals surface area contributed by atoms with Crippen LogP contribution in [-0.4, -0.2) is 31.0 Å². The summed E-state index contributed by atoms with van der Waals surface area (Å²) in [5.41, 5.74) is 0.834. The molecule has 0 aromatic carbocycles. The number of rotatable bonds is 6. The van der Waals surface area contributed by atoms with Crippen LogP contribution in [0.1, 0.15) is 5.56 Å². The van der Waals surface area contributed by atoms with Crippen molar-refractivity contribution in [1.82, 2.24) is 9.88 Å². The van der Waals surface area contributed by atoms with E-state index in [1.807, 2.05) is 0 Å². The van der Waals surface area contributed by atoms with Crippen LogP contribution in [0.15, 0.2) is 18.5 Å². The van der Waals surface area contributed by atoms with Crippen LogP contribution in [0.4, 0.5) is 13.2 Å². The van der Waals surface area contributed by atoms with E-state index in [4.69, 9.17) is 4.74 Å². The van der Waals surface area contributed by atoms with Gasteiger partial charge in [0.05, 0.1) is 6.61 Å². The van der Waals surface area contributed by atoms with Gasteiger partial charge in [-0.3, -0.25) is 0 Å². The molecule has 0 bridgehead atoms. The zero-order valence-electron chi connectivity index (χ0n) is 9.05. The number of nitrogens with one attached hydrogen (secondary N) is 1. The van der Waals surface area contributed by atoms with Gasteiger partial charge in [-0.1, -0.05) is 0 Å². The lowest BCUT2D eigenvalue weighted by Gasteiger charge is -2.06. The van der Waals surface area contributed by atoms with Crippen molar-refractivity contribution in [2.75, 3.05) is 20.3 Å². The summed E-state index contributed by atoms with van der Waals surface area (Å²) < 4.78 is 42.1. The SMILES string of the molecule is COCCNCc1ccn(CC(F)(F)F)c1. The van der Waals surface area contributed by atoms with E-state index < -0.39 is 12.7 Å². The van der Waals surface area contributed by atoms with E-state index in [9.17, 15) is 13.2 Å². The van der Waals surface area contributed by atoms with Gasteiger partial charge in [-0.15, -0.1) is 0 Å². The zero-order valence-corrected chi connectivity index (χ0v) is 9.05. The Morgan fingerprint density at radius 2 is 2.19 bits per heavy atom. The monoisotopic (exact) mass is 236 g/mol.